The van der Waals surface area contributed by atoms with Crippen LogP contribution in [0.1, 0.15) is 0 Å². The summed E-state index contributed by atoms with van der Waals surface area (Å²) in [6.45, 7) is 0. The number of nitrogens with two attached hydrogens (primary N) is 2. The zero-order valence-corrected chi connectivity index (χ0v) is 9.11. The summed E-state index contributed by atoms with van der Waals surface area (Å²) in [7, 11) is 0. The molecule has 1 heterocycles. The van der Waals surface area contributed by atoms with Gasteiger partial charge >= 0.3 is 0 Å². The molecule has 8 heteroatoms. The van der Waals surface area contributed by atoms with Crippen LogP contribution in [0.25, 0.3) is 11.3 Å². The third kappa shape index (κ3) is 1.98. The lowest BCUT2D eigenvalue weighted by Gasteiger charge is -2.04. The lowest BCUT2D eigenvalue weighted by molar-refractivity contribution is -0.384. The van der Waals surface area contributed by atoms with E-state index in [0.29, 0.717) is 11.3 Å². The van der Waals surface area contributed by atoms with Gasteiger partial charge in [0.2, 0.25) is 5.95 Å². The Morgan fingerprint density at radius 3 is 2.39 bits per heavy atom. The van der Waals surface area contributed by atoms with Gasteiger partial charge in [0, 0.05) is 23.8 Å². The largest absolute Gasteiger partial charge is 0.368 e. The van der Waals surface area contributed by atoms with Crippen LogP contribution in [0.3, 0.4) is 0 Å². The molecule has 0 aliphatic carbocycles. The topological polar surface area (TPSA) is 130 Å². The number of hydrogen-bond acceptors (Lipinski definition) is 6. The van der Waals surface area contributed by atoms with Gasteiger partial charge < -0.3 is 11.6 Å². The van der Waals surface area contributed by atoms with Gasteiger partial charge in [0.15, 0.2) is 0 Å². The monoisotopic (exact) mass is 247 g/mol. The number of nitro groups is 1. The van der Waals surface area contributed by atoms with Gasteiger partial charge in [-0.3, -0.25) is 14.9 Å². The van der Waals surface area contributed by atoms with Gasteiger partial charge in [-0.1, -0.05) is 0 Å². The number of hydrogen-bond donors (Lipinski definition) is 2. The molecule has 0 fully saturated rings. The average Bonchev–Trinajstić information content (AvgIpc) is 2.35. The molecular formula is C10H9N5O3. The highest BCUT2D eigenvalue weighted by atomic mass is 16.6. The van der Waals surface area contributed by atoms with E-state index in [1.807, 2.05) is 0 Å². The second-order valence-electron chi connectivity index (χ2n) is 3.51. The fourth-order valence-electron chi connectivity index (χ4n) is 1.41. The van der Waals surface area contributed by atoms with Crippen molar-refractivity contribution in [1.29, 1.82) is 0 Å². The van der Waals surface area contributed by atoms with E-state index in [4.69, 9.17) is 11.6 Å². The highest BCUT2D eigenvalue weighted by Crippen LogP contribution is 2.19. The van der Waals surface area contributed by atoms with Crippen LogP contribution in [0.15, 0.2) is 35.1 Å². The van der Waals surface area contributed by atoms with Crippen LogP contribution in [-0.4, -0.2) is 14.6 Å². The van der Waals surface area contributed by atoms with Crippen molar-refractivity contribution in [2.24, 2.45) is 0 Å². The third-order valence-electron chi connectivity index (χ3n) is 2.35. The summed E-state index contributed by atoms with van der Waals surface area (Å²) in [4.78, 5) is 25.3. The van der Waals surface area contributed by atoms with Crippen molar-refractivity contribution >= 4 is 11.6 Å². The van der Waals surface area contributed by atoms with Crippen LogP contribution in [0.2, 0.25) is 0 Å². The number of nitro benzene ring substituents is 1. The zero-order valence-electron chi connectivity index (χ0n) is 9.11. The molecule has 92 valence electrons. The molecule has 0 aliphatic rings. The van der Waals surface area contributed by atoms with Gasteiger partial charge in [0.05, 0.1) is 10.6 Å². The first-order chi connectivity index (χ1) is 8.49. The Morgan fingerprint density at radius 2 is 1.89 bits per heavy atom. The second kappa shape index (κ2) is 4.17. The van der Waals surface area contributed by atoms with Gasteiger partial charge in [0.1, 0.15) is 0 Å². The van der Waals surface area contributed by atoms with E-state index < -0.39 is 10.5 Å². The Morgan fingerprint density at radius 1 is 1.28 bits per heavy atom. The van der Waals surface area contributed by atoms with Gasteiger partial charge in [-0.25, -0.2) is 4.98 Å². The Hall–Kier alpha value is -2.90. The molecule has 0 amide bonds. The van der Waals surface area contributed by atoms with Crippen LogP contribution in [0.5, 0.6) is 0 Å². The quantitative estimate of drug-likeness (QED) is 0.440. The normalized spacial score (nSPS) is 10.2. The summed E-state index contributed by atoms with van der Waals surface area (Å²) in [5, 5.41) is 10.5. The minimum Gasteiger partial charge on any atom is -0.368 e. The molecule has 0 spiro atoms. The first-order valence-electron chi connectivity index (χ1n) is 4.88. The Balaban J connectivity index is 2.49. The van der Waals surface area contributed by atoms with E-state index >= 15 is 0 Å². The number of anilines is 1. The Kier molecular flexibility index (Phi) is 2.68. The highest BCUT2D eigenvalue weighted by Gasteiger charge is 2.08. The highest BCUT2D eigenvalue weighted by molar-refractivity contribution is 5.61. The maximum atomic E-state index is 11.4. The summed E-state index contributed by atoms with van der Waals surface area (Å²) in [5.74, 6) is 5.19. The maximum Gasteiger partial charge on any atom is 0.273 e. The van der Waals surface area contributed by atoms with Gasteiger partial charge in [0.25, 0.3) is 11.2 Å². The molecular weight excluding hydrogens is 238 g/mol. The Labute approximate surface area is 101 Å². The summed E-state index contributed by atoms with van der Waals surface area (Å²) >= 11 is 0. The van der Waals surface area contributed by atoms with Crippen LogP contribution in [0, 0.1) is 10.1 Å². The molecule has 18 heavy (non-hydrogen) atoms. The molecule has 0 atom stereocenters. The molecule has 4 N–H and O–H groups in total. The number of benzene rings is 1. The van der Waals surface area contributed by atoms with Crippen molar-refractivity contribution < 1.29 is 4.92 Å². The van der Waals surface area contributed by atoms with Crippen LogP contribution in [-0.2, 0) is 0 Å². The number of nitrogens with zero attached hydrogens (tertiary/aromatic N) is 3. The van der Waals surface area contributed by atoms with E-state index in [1.165, 1.54) is 30.3 Å². The van der Waals surface area contributed by atoms with Crippen LogP contribution >= 0.6 is 0 Å². The van der Waals surface area contributed by atoms with Crippen LogP contribution < -0.4 is 17.1 Å². The molecule has 0 saturated carbocycles. The predicted molar refractivity (Wildman–Crippen MR) is 65.2 cm³/mol. The molecule has 0 radical (unpaired) electrons. The van der Waals surface area contributed by atoms with Crippen molar-refractivity contribution in [2.45, 2.75) is 0 Å². The molecule has 2 rings (SSSR count). The van der Waals surface area contributed by atoms with Crippen molar-refractivity contribution in [3.8, 4) is 11.3 Å². The van der Waals surface area contributed by atoms with Gasteiger partial charge in [-0.15, -0.1) is 0 Å². The summed E-state index contributed by atoms with van der Waals surface area (Å²) < 4.78 is 0.717. The molecule has 8 nitrogen and oxygen atoms in total. The summed E-state index contributed by atoms with van der Waals surface area (Å²) in [5.41, 5.74) is 5.77. The van der Waals surface area contributed by atoms with Crippen molar-refractivity contribution in [2.75, 3.05) is 11.6 Å². The van der Waals surface area contributed by atoms with E-state index in [9.17, 15) is 14.9 Å². The molecule has 0 aliphatic heterocycles. The van der Waals surface area contributed by atoms with E-state index in [-0.39, 0.29) is 11.6 Å². The molecule has 0 bridgehead atoms. The predicted octanol–water partition coefficient (Wildman–Crippen LogP) is 0.114. The van der Waals surface area contributed by atoms with Crippen molar-refractivity contribution in [3.05, 3.63) is 50.8 Å². The second-order valence-corrected chi connectivity index (χ2v) is 3.51. The first kappa shape index (κ1) is 11.6. The van der Waals surface area contributed by atoms with Gasteiger partial charge in [-0.2, -0.15) is 4.68 Å². The fraction of sp³-hybridized carbons (Fsp3) is 0. The lowest BCUT2D eigenvalue weighted by atomic mass is 10.1. The summed E-state index contributed by atoms with van der Waals surface area (Å²) in [6, 6.07) is 6.82. The average molecular weight is 247 g/mol. The molecule has 0 saturated heterocycles. The maximum absolute atomic E-state index is 11.4. The van der Waals surface area contributed by atoms with E-state index in [2.05, 4.69) is 4.98 Å². The van der Waals surface area contributed by atoms with E-state index in [0.717, 1.165) is 4.68 Å². The fourth-order valence-corrected chi connectivity index (χ4v) is 1.41. The third-order valence-corrected chi connectivity index (χ3v) is 2.35. The van der Waals surface area contributed by atoms with Gasteiger partial charge in [-0.05, 0) is 12.1 Å². The first-order valence-corrected chi connectivity index (χ1v) is 4.88. The zero-order chi connectivity index (χ0) is 13.3. The Bertz CT molecular complexity index is 662. The minimum atomic E-state index is -0.510. The molecule has 2 aromatic rings. The SMILES string of the molecule is Nc1nc(-c2ccc([N+](=O)[O-])cc2)cc(=O)n1N. The number of rotatable bonds is 2. The van der Waals surface area contributed by atoms with Crippen molar-refractivity contribution in [1.82, 2.24) is 9.66 Å². The molecule has 0 unspecified atom stereocenters. The number of aromatic nitrogens is 2. The minimum absolute atomic E-state index is 0.0427. The number of nitrogen functional groups attached to an aromatic ring is 2. The van der Waals surface area contributed by atoms with Crippen LogP contribution in [0.4, 0.5) is 11.6 Å². The smallest absolute Gasteiger partial charge is 0.273 e. The van der Waals surface area contributed by atoms with Crippen molar-refractivity contribution in [3.63, 3.8) is 0 Å². The standard InChI is InChI=1S/C10H9N5O3/c11-10-13-8(5-9(16)14(10)12)6-1-3-7(4-2-6)15(17)18/h1-5H,12H2,(H2,11,13). The lowest BCUT2D eigenvalue weighted by Crippen LogP contribution is -2.30. The van der Waals surface area contributed by atoms with E-state index in [1.54, 1.807) is 0 Å². The number of non-ortho nitro benzene ring substituents is 1. The summed E-state index contributed by atoms with van der Waals surface area (Å²) in [6.07, 6.45) is 0. The molecule has 1 aromatic carbocycles. The molecule has 1 aromatic heterocycles.